The SMILES string of the molecule is CC(=O)O.O=C(CC1CCNCC1NC(=O)C(F)(F)F)C(F)(F)F. The molecule has 0 saturated carbocycles. The minimum absolute atomic E-state index is 0.0740. The van der Waals surface area contributed by atoms with Gasteiger partial charge in [-0.1, -0.05) is 0 Å². The van der Waals surface area contributed by atoms with Gasteiger partial charge >= 0.3 is 18.3 Å². The van der Waals surface area contributed by atoms with E-state index in [-0.39, 0.29) is 19.5 Å². The number of rotatable bonds is 3. The molecule has 0 aliphatic carbocycles. The zero-order valence-corrected chi connectivity index (χ0v) is 12.4. The molecule has 0 aromatic heterocycles. The van der Waals surface area contributed by atoms with Crippen molar-refractivity contribution < 1.29 is 45.8 Å². The number of hydrogen-bond acceptors (Lipinski definition) is 4. The fourth-order valence-corrected chi connectivity index (χ4v) is 1.93. The highest BCUT2D eigenvalue weighted by Gasteiger charge is 2.44. The number of piperidine rings is 1. The molecule has 2 unspecified atom stereocenters. The maximum absolute atomic E-state index is 12.2. The number of halogens is 6. The van der Waals surface area contributed by atoms with Crippen LogP contribution in [0.3, 0.4) is 0 Å². The highest BCUT2D eigenvalue weighted by atomic mass is 19.4. The summed E-state index contributed by atoms with van der Waals surface area (Å²) in [4.78, 5) is 30.7. The Bertz CT molecular complexity index is 423. The fourth-order valence-electron chi connectivity index (χ4n) is 1.93. The van der Waals surface area contributed by atoms with Crippen molar-refractivity contribution in [2.45, 2.75) is 38.2 Å². The van der Waals surface area contributed by atoms with Gasteiger partial charge in [0, 0.05) is 25.9 Å². The summed E-state index contributed by atoms with van der Waals surface area (Å²) >= 11 is 0. The highest BCUT2D eigenvalue weighted by Crippen LogP contribution is 2.25. The monoisotopic (exact) mass is 366 g/mol. The van der Waals surface area contributed by atoms with Crippen LogP contribution < -0.4 is 10.6 Å². The molecule has 1 saturated heterocycles. The topological polar surface area (TPSA) is 95.5 Å². The molecule has 24 heavy (non-hydrogen) atoms. The van der Waals surface area contributed by atoms with E-state index >= 15 is 0 Å². The van der Waals surface area contributed by atoms with Crippen molar-refractivity contribution in [1.29, 1.82) is 0 Å². The van der Waals surface area contributed by atoms with Gasteiger partial charge in [-0.05, 0) is 18.9 Å². The first-order chi connectivity index (χ1) is 10.7. The van der Waals surface area contributed by atoms with Crippen LogP contribution >= 0.6 is 0 Å². The van der Waals surface area contributed by atoms with Gasteiger partial charge in [0.1, 0.15) is 0 Å². The molecule has 0 aromatic rings. The zero-order chi connectivity index (χ0) is 19.1. The number of ketones is 1. The minimum atomic E-state index is -5.12. The van der Waals surface area contributed by atoms with E-state index in [2.05, 4.69) is 5.32 Å². The van der Waals surface area contributed by atoms with Gasteiger partial charge in [-0.15, -0.1) is 0 Å². The first-order valence-electron chi connectivity index (χ1n) is 6.63. The largest absolute Gasteiger partial charge is 0.481 e. The molecule has 2 atom stereocenters. The van der Waals surface area contributed by atoms with E-state index in [1.54, 1.807) is 5.32 Å². The number of aliphatic carboxylic acids is 1. The smallest absolute Gasteiger partial charge is 0.471 e. The molecule has 1 aliphatic heterocycles. The minimum Gasteiger partial charge on any atom is -0.481 e. The average molecular weight is 366 g/mol. The van der Waals surface area contributed by atoms with Crippen molar-refractivity contribution >= 4 is 17.7 Å². The summed E-state index contributed by atoms with van der Waals surface area (Å²) in [6.07, 6.45) is -11.0. The lowest BCUT2D eigenvalue weighted by atomic mass is 9.88. The molecule has 6 nitrogen and oxygen atoms in total. The van der Waals surface area contributed by atoms with Crippen LogP contribution in [0.25, 0.3) is 0 Å². The van der Waals surface area contributed by atoms with Gasteiger partial charge in [0.05, 0.1) is 0 Å². The summed E-state index contributed by atoms with van der Waals surface area (Å²) in [5, 5.41) is 11.7. The van der Waals surface area contributed by atoms with E-state index in [1.807, 2.05) is 0 Å². The third kappa shape index (κ3) is 8.70. The van der Waals surface area contributed by atoms with Crippen LogP contribution in [0.4, 0.5) is 26.3 Å². The standard InChI is InChI=1S/C10H12F6N2O2.C2H4O2/c11-9(12,13)7(19)3-5-1-2-17-4-6(5)18-8(20)10(14,15)16;1-2(3)4/h5-6,17H,1-4H2,(H,18,20);1H3,(H,3,4). The van der Waals surface area contributed by atoms with Crippen LogP contribution in [0.1, 0.15) is 19.8 Å². The normalized spacial score (nSPS) is 21.3. The first kappa shape index (κ1) is 22.1. The van der Waals surface area contributed by atoms with Gasteiger partial charge in [-0.3, -0.25) is 14.4 Å². The van der Waals surface area contributed by atoms with Crippen LogP contribution in [-0.2, 0) is 14.4 Å². The van der Waals surface area contributed by atoms with E-state index in [9.17, 15) is 35.9 Å². The first-order valence-corrected chi connectivity index (χ1v) is 6.63. The van der Waals surface area contributed by atoms with Gasteiger partial charge in [0.25, 0.3) is 5.97 Å². The number of alkyl halides is 6. The van der Waals surface area contributed by atoms with E-state index in [0.717, 1.165) is 6.92 Å². The Morgan fingerprint density at radius 3 is 2.04 bits per heavy atom. The van der Waals surface area contributed by atoms with Crippen molar-refractivity contribution in [3.8, 4) is 0 Å². The maximum atomic E-state index is 12.2. The number of hydrogen-bond donors (Lipinski definition) is 3. The highest BCUT2D eigenvalue weighted by molar-refractivity contribution is 5.85. The molecule has 0 aromatic carbocycles. The van der Waals surface area contributed by atoms with E-state index in [1.165, 1.54) is 0 Å². The molecule has 1 heterocycles. The second-order valence-electron chi connectivity index (χ2n) is 4.97. The second-order valence-corrected chi connectivity index (χ2v) is 4.97. The van der Waals surface area contributed by atoms with Crippen molar-refractivity contribution in [2.24, 2.45) is 5.92 Å². The number of Topliss-reactive ketones (excluding diaryl/α,β-unsaturated/α-hetero) is 1. The van der Waals surface area contributed by atoms with Crippen LogP contribution in [0.5, 0.6) is 0 Å². The predicted molar refractivity (Wildman–Crippen MR) is 68.0 cm³/mol. The van der Waals surface area contributed by atoms with Crippen molar-refractivity contribution in [3.63, 3.8) is 0 Å². The molecule has 140 valence electrons. The maximum Gasteiger partial charge on any atom is 0.471 e. The summed E-state index contributed by atoms with van der Waals surface area (Å²) in [5.41, 5.74) is 0. The average Bonchev–Trinajstić information content (AvgIpc) is 2.38. The van der Waals surface area contributed by atoms with Crippen molar-refractivity contribution in [2.75, 3.05) is 13.1 Å². The number of carbonyl (C=O) groups excluding carboxylic acids is 2. The Balaban J connectivity index is 0.00000118. The van der Waals surface area contributed by atoms with Crippen molar-refractivity contribution in [1.82, 2.24) is 10.6 Å². The second kappa shape index (κ2) is 8.85. The molecular weight excluding hydrogens is 350 g/mol. The fraction of sp³-hybridized carbons (Fsp3) is 0.750. The molecule has 3 N–H and O–H groups in total. The Labute approximate surface area is 132 Å². The predicted octanol–water partition coefficient (Wildman–Crippen LogP) is 1.26. The molecule has 1 fully saturated rings. The molecular formula is C12H16F6N2O4. The van der Waals surface area contributed by atoms with Crippen LogP contribution in [-0.4, -0.2) is 54.3 Å². The lowest BCUT2D eigenvalue weighted by Gasteiger charge is -2.32. The third-order valence-corrected chi connectivity index (χ3v) is 2.96. The Morgan fingerprint density at radius 2 is 1.62 bits per heavy atom. The molecule has 1 aliphatic rings. The molecule has 0 spiro atoms. The molecule has 12 heteroatoms. The van der Waals surface area contributed by atoms with Crippen molar-refractivity contribution in [3.05, 3.63) is 0 Å². The van der Waals surface area contributed by atoms with Gasteiger partial charge in [-0.2, -0.15) is 26.3 Å². The summed E-state index contributed by atoms with van der Waals surface area (Å²) < 4.78 is 72.8. The molecule has 0 bridgehead atoms. The van der Waals surface area contributed by atoms with E-state index < -0.39 is 48.4 Å². The summed E-state index contributed by atoms with van der Waals surface area (Å²) in [7, 11) is 0. The third-order valence-electron chi connectivity index (χ3n) is 2.96. The van der Waals surface area contributed by atoms with Gasteiger partial charge in [-0.25, -0.2) is 0 Å². The quantitative estimate of drug-likeness (QED) is 0.654. The Kier molecular flexibility index (Phi) is 8.17. The van der Waals surface area contributed by atoms with Gasteiger partial charge in [0.2, 0.25) is 5.78 Å². The number of carboxylic acids is 1. The molecule has 1 rings (SSSR count). The number of amides is 1. The lowest BCUT2D eigenvalue weighted by molar-refractivity contribution is -0.176. The number of nitrogens with one attached hydrogen (secondary N) is 2. The van der Waals surface area contributed by atoms with Gasteiger partial charge in [0.15, 0.2) is 0 Å². The molecule has 1 amide bonds. The summed E-state index contributed by atoms with van der Waals surface area (Å²) in [6, 6.07) is -1.16. The molecule has 0 radical (unpaired) electrons. The Morgan fingerprint density at radius 1 is 1.12 bits per heavy atom. The number of carboxylic acid groups (broad SMARTS) is 1. The van der Waals surface area contributed by atoms with Crippen LogP contribution in [0.2, 0.25) is 0 Å². The van der Waals surface area contributed by atoms with Crippen LogP contribution in [0.15, 0.2) is 0 Å². The summed E-state index contributed by atoms with van der Waals surface area (Å²) in [6.45, 7) is 1.24. The zero-order valence-electron chi connectivity index (χ0n) is 12.4. The van der Waals surface area contributed by atoms with E-state index in [0.29, 0.717) is 0 Å². The van der Waals surface area contributed by atoms with Gasteiger partial charge < -0.3 is 15.7 Å². The van der Waals surface area contributed by atoms with Crippen LogP contribution in [0, 0.1) is 5.92 Å². The van der Waals surface area contributed by atoms with E-state index in [4.69, 9.17) is 9.90 Å². The summed E-state index contributed by atoms with van der Waals surface area (Å²) in [5.74, 6) is -6.04. The Hall–Kier alpha value is -1.85. The number of carbonyl (C=O) groups is 3. The lowest BCUT2D eigenvalue weighted by Crippen LogP contribution is -2.54.